The highest BCUT2D eigenvalue weighted by Gasteiger charge is 2.13. The molecule has 1 amide bonds. The zero-order chi connectivity index (χ0) is 19.8. The van der Waals surface area contributed by atoms with E-state index in [2.05, 4.69) is 15.5 Å². The molecule has 0 saturated heterocycles. The van der Waals surface area contributed by atoms with Crippen LogP contribution in [-0.4, -0.2) is 22.5 Å². The number of nitrogens with zero attached hydrogens (tertiary/aromatic N) is 2. The molecule has 1 heterocycles. The van der Waals surface area contributed by atoms with Gasteiger partial charge >= 0.3 is 0 Å². The molecule has 2 aromatic carbocycles. The molecule has 1 N–H and O–H groups in total. The number of rotatable bonds is 8. The number of carbonyl (C=O) groups is 1. The van der Waals surface area contributed by atoms with Gasteiger partial charge in [-0.2, -0.15) is 5.10 Å². The molecule has 0 saturated carbocycles. The van der Waals surface area contributed by atoms with E-state index in [4.69, 9.17) is 11.6 Å². The number of pyridine rings is 1. The van der Waals surface area contributed by atoms with Crippen LogP contribution in [0.25, 0.3) is 10.9 Å². The Kier molecular flexibility index (Phi) is 7.09. The Morgan fingerprint density at radius 1 is 1.07 bits per heavy atom. The van der Waals surface area contributed by atoms with Crippen LogP contribution in [0.15, 0.2) is 65.9 Å². The first-order valence-electron chi connectivity index (χ1n) is 9.18. The van der Waals surface area contributed by atoms with Gasteiger partial charge in [-0.25, -0.2) is 9.82 Å². The summed E-state index contributed by atoms with van der Waals surface area (Å²) in [4.78, 5) is 16.4. The van der Waals surface area contributed by atoms with Crippen LogP contribution >= 0.6 is 11.6 Å². The molecule has 3 rings (SSSR count). The highest BCUT2D eigenvalue weighted by Crippen LogP contribution is 2.19. The fourth-order valence-corrected chi connectivity index (χ4v) is 3.13. The normalized spacial score (nSPS) is 11.6. The number of fused-ring (bicyclic) bond motifs is 1. The summed E-state index contributed by atoms with van der Waals surface area (Å²) in [6, 6.07) is 16.1. The number of carbonyl (C=O) groups excluding carboxylic acids is 1. The lowest BCUT2D eigenvalue weighted by Gasteiger charge is -2.11. The molecule has 0 aliphatic carbocycles. The third-order valence-electron chi connectivity index (χ3n) is 4.39. The zero-order valence-corrected chi connectivity index (χ0v) is 16.1. The highest BCUT2D eigenvalue weighted by molar-refractivity contribution is 6.17. The van der Waals surface area contributed by atoms with Gasteiger partial charge < -0.3 is 0 Å². The summed E-state index contributed by atoms with van der Waals surface area (Å²) in [5.41, 5.74) is 5.20. The van der Waals surface area contributed by atoms with Crippen molar-refractivity contribution in [2.75, 3.05) is 5.88 Å². The maximum absolute atomic E-state index is 14.4. The van der Waals surface area contributed by atoms with Crippen LogP contribution in [0, 0.1) is 5.82 Å². The lowest BCUT2D eigenvalue weighted by atomic mass is 9.99. The molecule has 0 aliphatic rings. The molecule has 144 valence electrons. The standard InChI is InChI=1S/C22H21ClFN3O/c23-13-6-5-11-22(28)27-26-21(18-8-1-3-9-19(18)24)15-16-12-14-25-20-10-4-2-7-17(16)20/h1-4,7-10,12,14H,5-6,11,13,15H2,(H,27,28). The number of hydrazone groups is 1. The molecule has 0 aliphatic heterocycles. The molecule has 0 spiro atoms. The van der Waals surface area contributed by atoms with E-state index < -0.39 is 0 Å². The summed E-state index contributed by atoms with van der Waals surface area (Å²) in [6.45, 7) is 0. The number of benzene rings is 2. The molecular formula is C22H21ClFN3O. The van der Waals surface area contributed by atoms with Gasteiger partial charge in [-0.15, -0.1) is 11.6 Å². The number of halogens is 2. The van der Waals surface area contributed by atoms with Gasteiger partial charge in [-0.05, 0) is 36.6 Å². The lowest BCUT2D eigenvalue weighted by Crippen LogP contribution is -2.21. The molecule has 1 aromatic heterocycles. The molecule has 0 bridgehead atoms. The van der Waals surface area contributed by atoms with Gasteiger partial charge in [0.15, 0.2) is 0 Å². The van der Waals surface area contributed by atoms with Crippen LogP contribution < -0.4 is 5.43 Å². The predicted molar refractivity (Wildman–Crippen MR) is 111 cm³/mol. The third kappa shape index (κ3) is 5.14. The van der Waals surface area contributed by atoms with Gasteiger partial charge in [-0.3, -0.25) is 9.78 Å². The van der Waals surface area contributed by atoms with Crippen LogP contribution in [0.4, 0.5) is 4.39 Å². The highest BCUT2D eigenvalue weighted by atomic mass is 35.5. The molecular weight excluding hydrogens is 377 g/mol. The van der Waals surface area contributed by atoms with E-state index >= 15 is 0 Å². The zero-order valence-electron chi connectivity index (χ0n) is 15.4. The van der Waals surface area contributed by atoms with Gasteiger partial charge in [0.05, 0.1) is 11.2 Å². The summed E-state index contributed by atoms with van der Waals surface area (Å²) in [7, 11) is 0. The van der Waals surface area contributed by atoms with E-state index in [-0.39, 0.29) is 11.7 Å². The largest absolute Gasteiger partial charge is 0.273 e. The number of unbranched alkanes of at least 4 members (excludes halogenated alkanes) is 1. The third-order valence-corrected chi connectivity index (χ3v) is 4.65. The molecule has 6 heteroatoms. The molecule has 0 radical (unpaired) electrons. The summed E-state index contributed by atoms with van der Waals surface area (Å²) >= 11 is 5.64. The number of nitrogens with one attached hydrogen (secondary N) is 1. The van der Waals surface area contributed by atoms with Gasteiger partial charge in [0.2, 0.25) is 5.91 Å². The van der Waals surface area contributed by atoms with E-state index in [1.54, 1.807) is 24.4 Å². The van der Waals surface area contributed by atoms with Crippen LogP contribution in [-0.2, 0) is 11.2 Å². The first-order valence-corrected chi connectivity index (χ1v) is 9.71. The summed E-state index contributed by atoms with van der Waals surface area (Å²) in [5.74, 6) is -0.0684. The number of hydrogen-bond acceptors (Lipinski definition) is 3. The summed E-state index contributed by atoms with van der Waals surface area (Å²) in [5, 5.41) is 5.23. The Morgan fingerprint density at radius 2 is 1.86 bits per heavy atom. The fourth-order valence-electron chi connectivity index (χ4n) is 2.95. The first kappa shape index (κ1) is 20.0. The van der Waals surface area contributed by atoms with Crippen molar-refractivity contribution < 1.29 is 9.18 Å². The number of hydrogen-bond donors (Lipinski definition) is 1. The number of amides is 1. The van der Waals surface area contributed by atoms with E-state index in [1.165, 1.54) is 6.07 Å². The Hall–Kier alpha value is -2.79. The van der Waals surface area contributed by atoms with Crippen molar-refractivity contribution in [1.82, 2.24) is 10.4 Å². The maximum atomic E-state index is 14.4. The van der Waals surface area contributed by atoms with Crippen LogP contribution in [0.1, 0.15) is 30.4 Å². The fraction of sp³-hybridized carbons (Fsp3) is 0.227. The van der Waals surface area contributed by atoms with Crippen molar-refractivity contribution in [2.45, 2.75) is 25.7 Å². The maximum Gasteiger partial charge on any atom is 0.240 e. The van der Waals surface area contributed by atoms with Crippen LogP contribution in [0.3, 0.4) is 0 Å². The SMILES string of the molecule is O=C(CCCCCl)NN=C(Cc1ccnc2ccccc12)c1ccccc1F. The van der Waals surface area contributed by atoms with Crippen molar-refractivity contribution in [3.05, 3.63) is 77.7 Å². The Balaban J connectivity index is 1.89. The van der Waals surface area contributed by atoms with Crippen molar-refractivity contribution in [1.29, 1.82) is 0 Å². The first-order chi connectivity index (χ1) is 13.7. The molecule has 0 unspecified atom stereocenters. The van der Waals surface area contributed by atoms with E-state index in [9.17, 15) is 9.18 Å². The Morgan fingerprint density at radius 3 is 2.68 bits per heavy atom. The minimum Gasteiger partial charge on any atom is -0.273 e. The molecule has 0 fully saturated rings. The molecule has 0 atom stereocenters. The average Bonchev–Trinajstić information content (AvgIpc) is 2.72. The van der Waals surface area contributed by atoms with E-state index in [0.717, 1.165) is 22.9 Å². The summed E-state index contributed by atoms with van der Waals surface area (Å²) < 4.78 is 14.4. The number of para-hydroxylation sites is 1. The second-order valence-electron chi connectivity index (χ2n) is 6.38. The Labute approximate surface area is 168 Å². The minimum atomic E-state index is -0.379. The smallest absolute Gasteiger partial charge is 0.240 e. The molecule has 4 nitrogen and oxygen atoms in total. The van der Waals surface area contributed by atoms with Gasteiger partial charge in [0.1, 0.15) is 5.82 Å². The lowest BCUT2D eigenvalue weighted by molar-refractivity contribution is -0.121. The molecule has 28 heavy (non-hydrogen) atoms. The van der Waals surface area contributed by atoms with Gasteiger partial charge in [0.25, 0.3) is 0 Å². The second-order valence-corrected chi connectivity index (χ2v) is 6.76. The van der Waals surface area contributed by atoms with Crippen LogP contribution in [0.2, 0.25) is 0 Å². The Bertz CT molecular complexity index is 985. The number of alkyl halides is 1. The summed E-state index contributed by atoms with van der Waals surface area (Å²) in [6.07, 6.45) is 3.88. The monoisotopic (exact) mass is 397 g/mol. The quantitative estimate of drug-likeness (QED) is 0.256. The minimum absolute atomic E-state index is 0.210. The van der Waals surface area contributed by atoms with Crippen molar-refractivity contribution in [2.24, 2.45) is 5.10 Å². The predicted octanol–water partition coefficient (Wildman–Crippen LogP) is 4.85. The van der Waals surface area contributed by atoms with Crippen molar-refractivity contribution in [3.63, 3.8) is 0 Å². The number of aromatic nitrogens is 1. The average molecular weight is 398 g/mol. The second kappa shape index (κ2) is 9.95. The van der Waals surface area contributed by atoms with E-state index in [1.807, 2.05) is 30.3 Å². The van der Waals surface area contributed by atoms with Crippen molar-refractivity contribution >= 4 is 34.1 Å². The van der Waals surface area contributed by atoms with Crippen LogP contribution in [0.5, 0.6) is 0 Å². The van der Waals surface area contributed by atoms with Crippen molar-refractivity contribution in [3.8, 4) is 0 Å². The van der Waals surface area contributed by atoms with Gasteiger partial charge in [-0.1, -0.05) is 36.4 Å². The van der Waals surface area contributed by atoms with Gasteiger partial charge in [0, 0.05) is 35.9 Å². The van der Waals surface area contributed by atoms with E-state index in [0.29, 0.717) is 36.4 Å². The molecule has 3 aromatic rings. The topological polar surface area (TPSA) is 54.4 Å².